The van der Waals surface area contributed by atoms with Gasteiger partial charge in [0.25, 0.3) is 0 Å². The molecule has 21 heavy (non-hydrogen) atoms. The van der Waals surface area contributed by atoms with Crippen molar-refractivity contribution in [3.63, 3.8) is 0 Å². The van der Waals surface area contributed by atoms with E-state index in [0.717, 1.165) is 28.7 Å². The first-order valence-electron chi connectivity index (χ1n) is 7.37. The van der Waals surface area contributed by atoms with Crippen LogP contribution in [0.15, 0.2) is 12.3 Å². The molecule has 0 saturated heterocycles. The monoisotopic (exact) mass is 287 g/mol. The Labute approximate surface area is 126 Å². The second kappa shape index (κ2) is 5.47. The molecule has 0 fully saturated rings. The van der Waals surface area contributed by atoms with E-state index in [9.17, 15) is 0 Å². The van der Waals surface area contributed by atoms with E-state index >= 15 is 0 Å². The molecule has 2 rings (SSSR count). The van der Waals surface area contributed by atoms with E-state index in [-0.39, 0.29) is 5.41 Å². The van der Waals surface area contributed by atoms with E-state index in [0.29, 0.717) is 5.92 Å². The quantitative estimate of drug-likeness (QED) is 0.939. The smallest absolute Gasteiger partial charge is 0.162 e. The van der Waals surface area contributed by atoms with Gasteiger partial charge in [-0.1, -0.05) is 34.6 Å². The molecule has 0 unspecified atom stereocenters. The molecule has 0 spiro atoms. The van der Waals surface area contributed by atoms with Gasteiger partial charge in [0.2, 0.25) is 0 Å². The molecule has 1 N–H and O–H groups in total. The van der Waals surface area contributed by atoms with E-state index in [1.54, 1.807) is 0 Å². The third-order valence-corrected chi connectivity index (χ3v) is 3.45. The number of nitrogens with one attached hydrogen (secondary N) is 1. The fourth-order valence-corrected chi connectivity index (χ4v) is 2.07. The minimum atomic E-state index is -0.109. The summed E-state index contributed by atoms with van der Waals surface area (Å²) in [5.74, 6) is 2.91. The van der Waals surface area contributed by atoms with Crippen LogP contribution in [0.5, 0.6) is 0 Å². The van der Waals surface area contributed by atoms with E-state index in [1.807, 2.05) is 30.9 Å². The van der Waals surface area contributed by atoms with Crippen molar-refractivity contribution in [1.29, 1.82) is 0 Å². The molecular formula is C16H25N5. The molecule has 0 radical (unpaired) electrons. The summed E-state index contributed by atoms with van der Waals surface area (Å²) in [6.07, 6.45) is 1.97. The zero-order valence-corrected chi connectivity index (χ0v) is 14.0. The molecule has 0 saturated carbocycles. The average molecular weight is 287 g/mol. The van der Waals surface area contributed by atoms with Gasteiger partial charge < -0.3 is 5.32 Å². The largest absolute Gasteiger partial charge is 0.373 e. The maximum atomic E-state index is 4.74. The lowest BCUT2D eigenvalue weighted by Crippen LogP contribution is -2.20. The third-order valence-electron chi connectivity index (χ3n) is 3.45. The number of aromatic nitrogens is 4. The molecule has 2 heterocycles. The molecule has 0 aliphatic rings. The molecule has 0 aliphatic carbocycles. The molecule has 0 amide bonds. The molecular weight excluding hydrogens is 262 g/mol. The SMILES string of the molecule is CNc1nc(C(C)(C)C)nc(-n2ccc(C(C)C)n2)c1C. The Bertz CT molecular complexity index is 635. The Morgan fingerprint density at radius 1 is 1.19 bits per heavy atom. The maximum absolute atomic E-state index is 4.74. The van der Waals surface area contributed by atoms with Gasteiger partial charge in [-0.3, -0.25) is 0 Å². The van der Waals surface area contributed by atoms with Crippen molar-refractivity contribution in [1.82, 2.24) is 19.7 Å². The predicted octanol–water partition coefficient (Wildman–Crippen LogP) is 3.43. The van der Waals surface area contributed by atoms with Gasteiger partial charge in [-0.15, -0.1) is 0 Å². The normalized spacial score (nSPS) is 12.0. The zero-order chi connectivity index (χ0) is 15.8. The summed E-state index contributed by atoms with van der Waals surface area (Å²) in [6.45, 7) is 12.6. The summed E-state index contributed by atoms with van der Waals surface area (Å²) in [6, 6.07) is 2.04. The van der Waals surface area contributed by atoms with Crippen LogP contribution in [0.4, 0.5) is 5.82 Å². The van der Waals surface area contributed by atoms with Crippen LogP contribution in [-0.4, -0.2) is 26.8 Å². The fourth-order valence-electron chi connectivity index (χ4n) is 2.07. The third kappa shape index (κ3) is 3.06. The van der Waals surface area contributed by atoms with Crippen LogP contribution in [0, 0.1) is 6.92 Å². The van der Waals surface area contributed by atoms with E-state index in [4.69, 9.17) is 4.98 Å². The van der Waals surface area contributed by atoms with Gasteiger partial charge in [0.1, 0.15) is 11.6 Å². The number of rotatable bonds is 3. The lowest BCUT2D eigenvalue weighted by molar-refractivity contribution is 0.541. The molecule has 2 aromatic heterocycles. The van der Waals surface area contributed by atoms with Crippen LogP contribution in [-0.2, 0) is 5.41 Å². The van der Waals surface area contributed by atoms with Crippen LogP contribution in [0.3, 0.4) is 0 Å². The Kier molecular flexibility index (Phi) is 4.03. The predicted molar refractivity (Wildman–Crippen MR) is 86.2 cm³/mol. The van der Waals surface area contributed by atoms with Crippen LogP contribution in [0.1, 0.15) is 57.6 Å². The van der Waals surface area contributed by atoms with Crippen molar-refractivity contribution in [3.05, 3.63) is 29.3 Å². The molecule has 0 aliphatic heterocycles. The summed E-state index contributed by atoms with van der Waals surface area (Å²) >= 11 is 0. The topological polar surface area (TPSA) is 55.6 Å². The van der Waals surface area contributed by atoms with Crippen molar-refractivity contribution in [3.8, 4) is 5.82 Å². The Balaban J connectivity index is 2.60. The Morgan fingerprint density at radius 2 is 1.86 bits per heavy atom. The van der Waals surface area contributed by atoms with Crippen LogP contribution in [0.2, 0.25) is 0 Å². The van der Waals surface area contributed by atoms with Gasteiger partial charge >= 0.3 is 0 Å². The molecule has 5 nitrogen and oxygen atoms in total. The lowest BCUT2D eigenvalue weighted by Gasteiger charge is -2.20. The Hall–Kier alpha value is -1.91. The highest BCUT2D eigenvalue weighted by molar-refractivity contribution is 5.51. The summed E-state index contributed by atoms with van der Waals surface area (Å²) in [7, 11) is 1.88. The van der Waals surface area contributed by atoms with Gasteiger partial charge in [-0.25, -0.2) is 14.6 Å². The first kappa shape index (κ1) is 15.5. The standard InChI is InChI=1S/C16H25N5/c1-10(2)12-8-9-21(20-12)14-11(3)13(17-7)18-15(19-14)16(4,5)6/h8-10H,1-7H3,(H,17,18,19). The second-order valence-corrected chi connectivity index (χ2v) is 6.68. The fraction of sp³-hybridized carbons (Fsp3) is 0.562. The highest BCUT2D eigenvalue weighted by Gasteiger charge is 2.22. The van der Waals surface area contributed by atoms with Crippen molar-refractivity contribution in [2.45, 2.75) is 52.9 Å². The number of hydrogen-bond acceptors (Lipinski definition) is 4. The van der Waals surface area contributed by atoms with Crippen molar-refractivity contribution in [2.75, 3.05) is 12.4 Å². The van der Waals surface area contributed by atoms with Crippen LogP contribution in [0.25, 0.3) is 5.82 Å². The van der Waals surface area contributed by atoms with Crippen molar-refractivity contribution in [2.24, 2.45) is 0 Å². The van der Waals surface area contributed by atoms with Gasteiger partial charge in [0.15, 0.2) is 5.82 Å². The molecule has 0 atom stereocenters. The van der Waals surface area contributed by atoms with Crippen molar-refractivity contribution < 1.29 is 0 Å². The summed E-state index contributed by atoms with van der Waals surface area (Å²) in [4.78, 5) is 9.37. The minimum absolute atomic E-state index is 0.109. The summed E-state index contributed by atoms with van der Waals surface area (Å²) in [5.41, 5.74) is 1.96. The van der Waals surface area contributed by atoms with Crippen LogP contribution < -0.4 is 5.32 Å². The van der Waals surface area contributed by atoms with Gasteiger partial charge in [0, 0.05) is 24.2 Å². The van der Waals surface area contributed by atoms with Gasteiger partial charge in [-0.2, -0.15) is 5.10 Å². The van der Waals surface area contributed by atoms with Crippen LogP contribution >= 0.6 is 0 Å². The van der Waals surface area contributed by atoms with E-state index in [2.05, 4.69) is 50.0 Å². The average Bonchev–Trinajstić information content (AvgIpc) is 2.87. The number of hydrogen-bond donors (Lipinski definition) is 1. The lowest BCUT2D eigenvalue weighted by atomic mass is 9.95. The van der Waals surface area contributed by atoms with E-state index in [1.165, 1.54) is 0 Å². The highest BCUT2D eigenvalue weighted by atomic mass is 15.3. The summed E-state index contributed by atoms with van der Waals surface area (Å²) < 4.78 is 1.85. The van der Waals surface area contributed by atoms with E-state index < -0.39 is 0 Å². The molecule has 0 aromatic carbocycles. The molecule has 0 bridgehead atoms. The molecule has 2 aromatic rings. The summed E-state index contributed by atoms with van der Waals surface area (Å²) in [5, 5.41) is 7.79. The Morgan fingerprint density at radius 3 is 2.33 bits per heavy atom. The first-order chi connectivity index (χ1) is 9.74. The number of anilines is 1. The highest BCUT2D eigenvalue weighted by Crippen LogP contribution is 2.25. The maximum Gasteiger partial charge on any atom is 0.162 e. The molecule has 114 valence electrons. The van der Waals surface area contributed by atoms with Gasteiger partial charge in [0.05, 0.1) is 5.69 Å². The van der Waals surface area contributed by atoms with Crippen molar-refractivity contribution >= 4 is 5.82 Å². The number of nitrogens with zero attached hydrogens (tertiary/aromatic N) is 4. The zero-order valence-electron chi connectivity index (χ0n) is 14.0. The van der Waals surface area contributed by atoms with Gasteiger partial charge in [-0.05, 0) is 18.9 Å². The first-order valence-corrected chi connectivity index (χ1v) is 7.37. The second-order valence-electron chi connectivity index (χ2n) is 6.68. The minimum Gasteiger partial charge on any atom is -0.373 e. The molecule has 5 heteroatoms.